The summed E-state index contributed by atoms with van der Waals surface area (Å²) < 4.78 is 6.77. The molecule has 4 heterocycles. The van der Waals surface area contributed by atoms with Gasteiger partial charge in [-0.1, -0.05) is 108 Å². The number of benzene rings is 2. The molecule has 0 amide bonds. The normalized spacial score (nSPS) is 19.4. The average molecular weight is 577 g/mol. The number of thiophene rings is 1. The summed E-state index contributed by atoms with van der Waals surface area (Å²) in [6.45, 7) is 0.0660. The van der Waals surface area contributed by atoms with Crippen LogP contribution >= 0.6 is 81.9 Å². The van der Waals surface area contributed by atoms with Crippen LogP contribution in [0.15, 0.2) is 86.7 Å². The third-order valence-electron chi connectivity index (χ3n) is 5.71. The minimum atomic E-state index is -0.395. The van der Waals surface area contributed by atoms with Crippen molar-refractivity contribution in [3.8, 4) is 21.6 Å². The van der Waals surface area contributed by atoms with E-state index in [1.54, 1.807) is 23.5 Å². The van der Waals surface area contributed by atoms with E-state index in [1.807, 2.05) is 58.4 Å². The van der Waals surface area contributed by atoms with Crippen LogP contribution in [-0.4, -0.2) is 34.9 Å². The van der Waals surface area contributed by atoms with Gasteiger partial charge in [-0.3, -0.25) is 0 Å². The quantitative estimate of drug-likeness (QED) is 0.321. The second kappa shape index (κ2) is 10.2. The second-order valence-corrected chi connectivity index (χ2v) is 16.5. The number of fused-ring (bicyclic) bond motifs is 1. The van der Waals surface area contributed by atoms with E-state index < -0.39 is 5.41 Å². The van der Waals surface area contributed by atoms with Crippen LogP contribution < -0.4 is 0 Å². The van der Waals surface area contributed by atoms with Gasteiger partial charge in [0, 0.05) is 32.3 Å². The van der Waals surface area contributed by atoms with E-state index >= 15 is 0 Å². The summed E-state index contributed by atoms with van der Waals surface area (Å²) in [5.41, 5.74) is 3.50. The molecular weight excluding hydrogens is 557 g/mol. The summed E-state index contributed by atoms with van der Waals surface area (Å²) in [5, 5.41) is 19.6. The Bertz CT molecular complexity index is 1250. The molecule has 0 aliphatic carbocycles. The van der Waals surface area contributed by atoms with Gasteiger partial charge >= 0.3 is 0 Å². The Hall–Kier alpha value is -0.360. The maximum atomic E-state index is 9.82. The summed E-state index contributed by atoms with van der Waals surface area (Å²) in [6.07, 6.45) is 0. The fraction of sp³-hybridized carbons (Fsp3) is 0.200. The maximum absolute atomic E-state index is 9.82. The zero-order chi connectivity index (χ0) is 23.1. The van der Waals surface area contributed by atoms with Crippen LogP contribution in [0.4, 0.5) is 0 Å². The molecule has 0 unspecified atom stereocenters. The van der Waals surface area contributed by atoms with E-state index in [-0.39, 0.29) is 13.2 Å². The third-order valence-corrected chi connectivity index (χ3v) is 16.5. The van der Waals surface area contributed by atoms with Crippen LogP contribution in [0, 0.1) is 5.41 Å². The summed E-state index contributed by atoms with van der Waals surface area (Å²) in [7, 11) is 0. The van der Waals surface area contributed by atoms with Gasteiger partial charge in [0.1, 0.15) is 0 Å². The van der Waals surface area contributed by atoms with Gasteiger partial charge in [0.15, 0.2) is 0 Å². The minimum absolute atomic E-state index is 0.0330. The first-order chi connectivity index (χ1) is 16.7. The van der Waals surface area contributed by atoms with Crippen molar-refractivity contribution in [1.29, 1.82) is 0 Å². The van der Waals surface area contributed by atoms with Gasteiger partial charge in [0.05, 0.1) is 34.4 Å². The molecule has 0 atom stereocenters. The average Bonchev–Trinajstić information content (AvgIpc) is 3.55. The predicted molar refractivity (Wildman–Crippen MR) is 158 cm³/mol. The van der Waals surface area contributed by atoms with Crippen molar-refractivity contribution in [2.75, 3.05) is 24.7 Å². The predicted octanol–water partition coefficient (Wildman–Crippen LogP) is 8.46. The third kappa shape index (κ3) is 4.46. The Balaban J connectivity index is 1.30. The van der Waals surface area contributed by atoms with E-state index in [0.29, 0.717) is 0 Å². The number of hydrogen-bond donors (Lipinski definition) is 2. The highest BCUT2D eigenvalue weighted by atomic mass is 32.3. The largest absolute Gasteiger partial charge is 0.396 e. The fourth-order valence-corrected chi connectivity index (χ4v) is 14.9. The first-order valence-corrected chi connectivity index (χ1v) is 16.7. The van der Waals surface area contributed by atoms with E-state index in [9.17, 15) is 10.2 Å². The molecule has 0 saturated heterocycles. The molecule has 2 N–H and O–H groups in total. The zero-order valence-electron chi connectivity index (χ0n) is 17.9. The van der Waals surface area contributed by atoms with Crippen molar-refractivity contribution in [2.24, 2.45) is 5.41 Å². The standard InChI is InChI=1S/C25H20O2S7/c26-11-25(12-27)13-28-21-22(29-14-25)34-24(33-21)23-31-19-17(15-7-3-1-4-8-15)18(30-20(19)32-23)16-9-5-2-6-10-16/h1-10,26-27H,11-14H2. The van der Waals surface area contributed by atoms with Crippen LogP contribution in [0.3, 0.4) is 0 Å². The van der Waals surface area contributed by atoms with Crippen LogP contribution in [0.2, 0.25) is 0 Å². The highest BCUT2D eigenvalue weighted by molar-refractivity contribution is 8.42. The van der Waals surface area contributed by atoms with Crippen molar-refractivity contribution in [1.82, 2.24) is 0 Å². The van der Waals surface area contributed by atoms with Crippen molar-refractivity contribution >= 4 is 81.9 Å². The molecule has 174 valence electrons. The number of hydrogen-bond acceptors (Lipinski definition) is 9. The molecule has 0 radical (unpaired) electrons. The molecule has 2 aromatic carbocycles. The SMILES string of the molecule is OCC1(CO)CSC2=C(SC1)SC(=C1Sc3sc(-c4ccccc4)c(-c4ccccc4)c3S1)S2. The molecule has 2 nitrogen and oxygen atoms in total. The van der Waals surface area contributed by atoms with Crippen molar-refractivity contribution in [3.05, 3.63) is 77.6 Å². The van der Waals surface area contributed by atoms with Crippen molar-refractivity contribution in [3.63, 3.8) is 0 Å². The van der Waals surface area contributed by atoms with E-state index in [1.165, 1.54) is 47.6 Å². The first-order valence-electron chi connectivity index (χ1n) is 10.6. The number of aliphatic hydroxyl groups excluding tert-OH is 2. The maximum Gasteiger partial charge on any atom is 0.0805 e. The summed E-state index contributed by atoms with van der Waals surface area (Å²) in [4.78, 5) is 2.72. The molecule has 0 spiro atoms. The molecule has 3 aliphatic heterocycles. The lowest BCUT2D eigenvalue weighted by Gasteiger charge is -2.27. The Labute approximate surface area is 228 Å². The monoisotopic (exact) mass is 576 g/mol. The summed E-state index contributed by atoms with van der Waals surface area (Å²) >= 11 is 13.0. The van der Waals surface area contributed by atoms with Gasteiger partial charge in [-0.25, -0.2) is 0 Å². The van der Waals surface area contributed by atoms with E-state index in [2.05, 4.69) is 60.7 Å². The molecule has 9 heteroatoms. The van der Waals surface area contributed by atoms with Gasteiger partial charge in [0.25, 0.3) is 0 Å². The van der Waals surface area contributed by atoms with E-state index in [4.69, 9.17) is 0 Å². The minimum Gasteiger partial charge on any atom is -0.396 e. The Morgan fingerprint density at radius 1 is 0.647 bits per heavy atom. The topological polar surface area (TPSA) is 40.5 Å². The summed E-state index contributed by atoms with van der Waals surface area (Å²) in [6, 6.07) is 21.5. The lowest BCUT2D eigenvalue weighted by molar-refractivity contribution is 0.0935. The second-order valence-electron chi connectivity index (χ2n) is 8.11. The van der Waals surface area contributed by atoms with Crippen LogP contribution in [0.1, 0.15) is 0 Å². The molecular formula is C25H20O2S7. The molecule has 1 aromatic heterocycles. The van der Waals surface area contributed by atoms with Crippen LogP contribution in [0.5, 0.6) is 0 Å². The molecule has 0 saturated carbocycles. The lowest BCUT2D eigenvalue weighted by atomic mass is 9.96. The molecule has 3 aromatic rings. The van der Waals surface area contributed by atoms with Gasteiger partial charge in [-0.05, 0) is 11.1 Å². The van der Waals surface area contributed by atoms with Crippen molar-refractivity contribution in [2.45, 2.75) is 9.10 Å². The fourth-order valence-electron chi connectivity index (χ4n) is 3.74. The van der Waals surface area contributed by atoms with Gasteiger partial charge in [-0.15, -0.1) is 34.9 Å². The number of thioether (sulfide) groups is 6. The molecule has 0 fully saturated rings. The molecule has 0 bridgehead atoms. The van der Waals surface area contributed by atoms with Gasteiger partial charge < -0.3 is 10.2 Å². The first kappa shape index (κ1) is 24.0. The Morgan fingerprint density at radius 3 is 1.79 bits per heavy atom. The lowest BCUT2D eigenvalue weighted by Crippen LogP contribution is -2.34. The van der Waals surface area contributed by atoms with Crippen molar-refractivity contribution < 1.29 is 10.2 Å². The number of aliphatic hydroxyl groups is 2. The van der Waals surface area contributed by atoms with Crippen LogP contribution in [-0.2, 0) is 0 Å². The van der Waals surface area contributed by atoms with Crippen LogP contribution in [0.25, 0.3) is 21.6 Å². The highest BCUT2D eigenvalue weighted by Gasteiger charge is 2.38. The Kier molecular flexibility index (Phi) is 7.19. The molecule has 3 aliphatic rings. The Morgan fingerprint density at radius 2 is 1.21 bits per heavy atom. The molecule has 6 rings (SSSR count). The zero-order valence-corrected chi connectivity index (χ0v) is 23.6. The summed E-state index contributed by atoms with van der Waals surface area (Å²) in [5.74, 6) is 1.52. The van der Waals surface area contributed by atoms with E-state index in [0.717, 1.165) is 11.5 Å². The smallest absolute Gasteiger partial charge is 0.0805 e. The molecule has 34 heavy (non-hydrogen) atoms. The van der Waals surface area contributed by atoms with Gasteiger partial charge in [-0.2, -0.15) is 0 Å². The number of rotatable bonds is 4. The highest BCUT2D eigenvalue weighted by Crippen LogP contribution is 2.68. The van der Waals surface area contributed by atoms with Gasteiger partial charge in [0.2, 0.25) is 0 Å².